The van der Waals surface area contributed by atoms with E-state index in [2.05, 4.69) is 6.92 Å². The van der Waals surface area contributed by atoms with Crippen LogP contribution in [0, 0.1) is 5.41 Å². The van der Waals surface area contributed by atoms with E-state index in [0.717, 1.165) is 19.3 Å². The first-order valence-electron chi connectivity index (χ1n) is 6.77. The molecule has 0 heterocycles. The van der Waals surface area contributed by atoms with Crippen molar-refractivity contribution in [3.63, 3.8) is 0 Å². The van der Waals surface area contributed by atoms with Gasteiger partial charge in [0.1, 0.15) is 0 Å². The van der Waals surface area contributed by atoms with Crippen LogP contribution in [-0.2, 0) is 9.09 Å². The molecule has 0 amide bonds. The fourth-order valence-corrected chi connectivity index (χ4v) is 2.63. The third-order valence-corrected chi connectivity index (χ3v) is 4.37. The van der Waals surface area contributed by atoms with E-state index in [0.29, 0.717) is 6.42 Å². The Bertz CT molecular complexity index is 265. The molecule has 0 aliphatic rings. The fourth-order valence-electron chi connectivity index (χ4n) is 1.87. The molecular formula is C12H25O5PSe-2. The van der Waals surface area contributed by atoms with Gasteiger partial charge in [-0.05, 0) is 0 Å². The van der Waals surface area contributed by atoms with Crippen molar-refractivity contribution < 1.29 is 24.2 Å². The van der Waals surface area contributed by atoms with E-state index < -0.39 is 11.7 Å². The summed E-state index contributed by atoms with van der Waals surface area (Å²) in [6.45, 7) is 1.42. The molecule has 7 heteroatoms. The molecule has 0 aliphatic carbocycles. The first-order chi connectivity index (χ1) is 8.89. The molecule has 19 heavy (non-hydrogen) atoms. The molecule has 0 saturated heterocycles. The van der Waals surface area contributed by atoms with Crippen molar-refractivity contribution in [1.29, 1.82) is 0 Å². The molecule has 0 fully saturated rings. The number of aliphatic hydroxyl groups excluding tert-OH is 2. The van der Waals surface area contributed by atoms with Crippen LogP contribution in [-0.4, -0.2) is 45.6 Å². The van der Waals surface area contributed by atoms with Crippen molar-refractivity contribution >= 4 is 21.9 Å². The number of hydrogen-bond acceptors (Lipinski definition) is 5. The van der Waals surface area contributed by atoms with E-state index in [9.17, 15) is 19.7 Å². The summed E-state index contributed by atoms with van der Waals surface area (Å²) in [5, 5.41) is 18.7. The van der Waals surface area contributed by atoms with Crippen LogP contribution in [0.25, 0.3) is 0 Å². The molecule has 0 aromatic heterocycles. The van der Waals surface area contributed by atoms with Gasteiger partial charge in [0.25, 0.3) is 0 Å². The molecular weight excluding hydrogens is 334 g/mol. The Morgan fingerprint density at radius 1 is 1.16 bits per heavy atom. The second kappa shape index (κ2) is 10.3. The van der Waals surface area contributed by atoms with Gasteiger partial charge >= 0.3 is 123 Å². The molecule has 0 aromatic rings. The standard InChI is InChI=1S/C12H27O5PSe/c1-2-3-4-5-6-7-8-12(9-13,10-14)11-17-18(15,16)19/h13-14H,2-11H2,1H3,(H2,15,16,19)/p-2. The third kappa shape index (κ3) is 10.0. The van der Waals surface area contributed by atoms with Crippen LogP contribution < -0.4 is 4.89 Å². The summed E-state index contributed by atoms with van der Waals surface area (Å²) < 4.78 is 15.6. The van der Waals surface area contributed by atoms with Gasteiger partial charge in [0.05, 0.1) is 0 Å². The van der Waals surface area contributed by atoms with Crippen LogP contribution in [0.5, 0.6) is 0 Å². The van der Waals surface area contributed by atoms with Crippen molar-refractivity contribution in [1.82, 2.24) is 0 Å². The van der Waals surface area contributed by atoms with Gasteiger partial charge in [-0.1, -0.05) is 0 Å². The number of hydrogen-bond donors (Lipinski definition) is 2. The van der Waals surface area contributed by atoms with Crippen molar-refractivity contribution in [2.24, 2.45) is 5.41 Å². The van der Waals surface area contributed by atoms with Gasteiger partial charge in [0.2, 0.25) is 0 Å². The Morgan fingerprint density at radius 2 is 1.68 bits per heavy atom. The molecule has 1 atom stereocenters. The maximum absolute atomic E-state index is 10.9. The minimum atomic E-state index is -3.94. The molecule has 0 bridgehead atoms. The summed E-state index contributed by atoms with van der Waals surface area (Å²) in [4.78, 5) is 10.9. The fraction of sp³-hybridized carbons (Fsp3) is 1.00. The Hall–Kier alpha value is 0.589. The van der Waals surface area contributed by atoms with Crippen LogP contribution in [0.4, 0.5) is 0 Å². The molecule has 0 aliphatic heterocycles. The topological polar surface area (TPSA) is 89.8 Å². The summed E-state index contributed by atoms with van der Waals surface area (Å²) in [5.74, 6) is 0. The van der Waals surface area contributed by atoms with Gasteiger partial charge in [-0.25, -0.2) is 0 Å². The summed E-state index contributed by atoms with van der Waals surface area (Å²) in [6, 6.07) is 0. The molecule has 0 radical (unpaired) electrons. The van der Waals surface area contributed by atoms with Gasteiger partial charge in [0, 0.05) is 0 Å². The van der Waals surface area contributed by atoms with E-state index >= 15 is 0 Å². The minimum absolute atomic E-state index is 0.178. The zero-order chi connectivity index (χ0) is 14.8. The molecule has 116 valence electrons. The summed E-state index contributed by atoms with van der Waals surface area (Å²) in [6.07, 6.45) is 3.23. The predicted molar refractivity (Wildman–Crippen MR) is 73.9 cm³/mol. The SMILES string of the molecule is CCCCCCCCC(CO)(CO)COP(=O)([O-])[Se-]. The summed E-state index contributed by atoms with van der Waals surface area (Å²) in [5.41, 5.74) is -0.866. The van der Waals surface area contributed by atoms with Crippen LogP contribution >= 0.6 is 6.29 Å². The molecule has 5 nitrogen and oxygen atoms in total. The van der Waals surface area contributed by atoms with E-state index in [1.54, 1.807) is 0 Å². The van der Waals surface area contributed by atoms with Crippen LogP contribution in [0.1, 0.15) is 51.9 Å². The van der Waals surface area contributed by atoms with Crippen molar-refractivity contribution in [2.45, 2.75) is 51.9 Å². The van der Waals surface area contributed by atoms with Gasteiger partial charge in [0.15, 0.2) is 0 Å². The first kappa shape index (κ1) is 19.6. The molecule has 0 saturated carbocycles. The van der Waals surface area contributed by atoms with Gasteiger partial charge < -0.3 is 0 Å². The number of rotatable bonds is 12. The quantitative estimate of drug-likeness (QED) is 0.312. The molecule has 0 spiro atoms. The summed E-state index contributed by atoms with van der Waals surface area (Å²) >= 11 is 1.94. The van der Waals surface area contributed by atoms with Crippen molar-refractivity contribution in [2.75, 3.05) is 19.8 Å². The Balaban J connectivity index is 4.05. The number of aliphatic hydroxyl groups is 2. The Morgan fingerprint density at radius 3 is 2.16 bits per heavy atom. The zero-order valence-corrected chi connectivity index (χ0v) is 14.2. The normalized spacial score (nSPS) is 15.4. The van der Waals surface area contributed by atoms with Crippen LogP contribution in [0.2, 0.25) is 0 Å². The van der Waals surface area contributed by atoms with Crippen LogP contribution in [0.3, 0.4) is 0 Å². The average Bonchev–Trinajstić information content (AvgIpc) is 2.37. The van der Waals surface area contributed by atoms with Crippen molar-refractivity contribution in [3.8, 4) is 0 Å². The Labute approximate surface area is 123 Å². The second-order valence-electron chi connectivity index (χ2n) is 5.05. The van der Waals surface area contributed by atoms with Crippen molar-refractivity contribution in [3.05, 3.63) is 0 Å². The summed E-state index contributed by atoms with van der Waals surface area (Å²) in [7, 11) is 0. The Kier molecular flexibility index (Phi) is 10.7. The zero-order valence-electron chi connectivity index (χ0n) is 11.5. The van der Waals surface area contributed by atoms with E-state index in [1.165, 1.54) is 19.3 Å². The molecule has 0 rings (SSSR count). The average molecular weight is 359 g/mol. The van der Waals surface area contributed by atoms with E-state index in [1.807, 2.05) is 15.6 Å². The third-order valence-electron chi connectivity index (χ3n) is 3.26. The van der Waals surface area contributed by atoms with Gasteiger partial charge in [-0.3, -0.25) is 0 Å². The second-order valence-corrected chi connectivity index (χ2v) is 9.02. The van der Waals surface area contributed by atoms with E-state index in [-0.39, 0.29) is 19.8 Å². The molecule has 0 aromatic carbocycles. The predicted octanol–water partition coefficient (Wildman–Crippen LogP) is 1.36. The molecule has 2 N–H and O–H groups in total. The first-order valence-corrected chi connectivity index (χ1v) is 10.5. The van der Waals surface area contributed by atoms with Gasteiger partial charge in [-0.15, -0.1) is 0 Å². The maximum atomic E-state index is 10.9. The number of unbranched alkanes of at least 4 members (excludes halogenated alkanes) is 5. The van der Waals surface area contributed by atoms with Crippen LogP contribution in [0.15, 0.2) is 0 Å². The van der Waals surface area contributed by atoms with Gasteiger partial charge in [-0.2, -0.15) is 0 Å². The monoisotopic (exact) mass is 360 g/mol. The van der Waals surface area contributed by atoms with E-state index in [4.69, 9.17) is 4.52 Å². The molecule has 1 unspecified atom stereocenters.